The standard InChI is InChI=1S/C16H29N3S/c1-3-6-14-7-5-10-19(11-8-14)16-18-15(13-20-16)12-17-9-4-2/h13-14,17H,3-12H2,1-2H3. The monoisotopic (exact) mass is 295 g/mol. The molecule has 1 aliphatic heterocycles. The molecule has 1 N–H and O–H groups in total. The molecule has 0 aromatic carbocycles. The van der Waals surface area contributed by atoms with Crippen molar-refractivity contribution < 1.29 is 0 Å². The Labute approximate surface area is 127 Å². The largest absolute Gasteiger partial charge is 0.348 e. The average Bonchev–Trinajstić information content (AvgIpc) is 2.79. The molecule has 0 aliphatic carbocycles. The summed E-state index contributed by atoms with van der Waals surface area (Å²) in [6, 6.07) is 0. The maximum absolute atomic E-state index is 4.80. The average molecular weight is 295 g/mol. The molecular weight excluding hydrogens is 266 g/mol. The minimum atomic E-state index is 0.913. The van der Waals surface area contributed by atoms with Crippen molar-refractivity contribution in [2.75, 3.05) is 24.5 Å². The van der Waals surface area contributed by atoms with Crippen LogP contribution >= 0.6 is 11.3 Å². The van der Waals surface area contributed by atoms with Gasteiger partial charge in [-0.1, -0.05) is 26.7 Å². The Morgan fingerprint density at radius 1 is 1.30 bits per heavy atom. The van der Waals surface area contributed by atoms with E-state index in [2.05, 4.69) is 29.4 Å². The van der Waals surface area contributed by atoms with Gasteiger partial charge >= 0.3 is 0 Å². The van der Waals surface area contributed by atoms with E-state index in [9.17, 15) is 0 Å². The summed E-state index contributed by atoms with van der Waals surface area (Å²) in [5, 5.41) is 6.88. The zero-order valence-corrected chi connectivity index (χ0v) is 13.8. The predicted molar refractivity (Wildman–Crippen MR) is 88.6 cm³/mol. The minimum Gasteiger partial charge on any atom is -0.348 e. The van der Waals surface area contributed by atoms with E-state index in [1.54, 1.807) is 0 Å². The highest BCUT2D eigenvalue weighted by Crippen LogP contribution is 2.27. The van der Waals surface area contributed by atoms with Crippen LogP contribution in [-0.2, 0) is 6.54 Å². The van der Waals surface area contributed by atoms with Crippen molar-refractivity contribution in [3.05, 3.63) is 11.1 Å². The fraction of sp³-hybridized carbons (Fsp3) is 0.812. The normalized spacial score (nSPS) is 20.1. The highest BCUT2D eigenvalue weighted by Gasteiger charge is 2.18. The van der Waals surface area contributed by atoms with Crippen molar-refractivity contribution in [2.24, 2.45) is 5.92 Å². The van der Waals surface area contributed by atoms with Crippen molar-refractivity contribution in [1.82, 2.24) is 10.3 Å². The highest BCUT2D eigenvalue weighted by molar-refractivity contribution is 7.13. The first-order chi connectivity index (χ1) is 9.83. The number of anilines is 1. The number of nitrogens with one attached hydrogen (secondary N) is 1. The first kappa shape index (κ1) is 15.8. The topological polar surface area (TPSA) is 28.2 Å². The fourth-order valence-corrected chi connectivity index (χ4v) is 3.85. The molecule has 1 saturated heterocycles. The van der Waals surface area contributed by atoms with E-state index in [4.69, 9.17) is 4.98 Å². The van der Waals surface area contributed by atoms with Crippen molar-refractivity contribution in [1.29, 1.82) is 0 Å². The Kier molecular flexibility index (Phi) is 6.80. The lowest BCUT2D eigenvalue weighted by Crippen LogP contribution is -2.24. The van der Waals surface area contributed by atoms with Gasteiger partial charge in [0.2, 0.25) is 0 Å². The molecule has 4 heteroatoms. The zero-order valence-electron chi connectivity index (χ0n) is 13.0. The van der Waals surface area contributed by atoms with Crippen molar-refractivity contribution in [3.63, 3.8) is 0 Å². The number of nitrogens with zero attached hydrogens (tertiary/aromatic N) is 2. The summed E-state index contributed by atoms with van der Waals surface area (Å²) < 4.78 is 0. The molecule has 1 unspecified atom stereocenters. The maximum atomic E-state index is 4.80. The van der Waals surface area contributed by atoms with E-state index in [1.165, 1.54) is 62.4 Å². The van der Waals surface area contributed by atoms with Crippen LogP contribution in [0.2, 0.25) is 0 Å². The van der Waals surface area contributed by atoms with E-state index >= 15 is 0 Å². The second-order valence-electron chi connectivity index (χ2n) is 5.87. The van der Waals surface area contributed by atoms with Crippen molar-refractivity contribution in [2.45, 2.75) is 58.9 Å². The fourth-order valence-electron chi connectivity index (χ4n) is 2.97. The van der Waals surface area contributed by atoms with E-state index in [1.807, 2.05) is 11.3 Å². The Hall–Kier alpha value is -0.610. The molecule has 3 nitrogen and oxygen atoms in total. The Morgan fingerprint density at radius 3 is 3.00 bits per heavy atom. The third kappa shape index (κ3) is 4.74. The molecule has 0 saturated carbocycles. The van der Waals surface area contributed by atoms with Crippen LogP contribution in [0.3, 0.4) is 0 Å². The molecule has 114 valence electrons. The van der Waals surface area contributed by atoms with Gasteiger partial charge in [-0.2, -0.15) is 0 Å². The smallest absolute Gasteiger partial charge is 0.185 e. The SMILES string of the molecule is CCCNCc1csc(N2CCCC(CCC)CC2)n1. The summed E-state index contributed by atoms with van der Waals surface area (Å²) >= 11 is 1.81. The van der Waals surface area contributed by atoms with Crippen molar-refractivity contribution >= 4 is 16.5 Å². The van der Waals surface area contributed by atoms with E-state index in [-0.39, 0.29) is 0 Å². The number of aromatic nitrogens is 1. The van der Waals surface area contributed by atoms with E-state index in [0.29, 0.717) is 0 Å². The highest BCUT2D eigenvalue weighted by atomic mass is 32.1. The number of hydrogen-bond acceptors (Lipinski definition) is 4. The molecule has 1 aromatic rings. The molecule has 20 heavy (non-hydrogen) atoms. The van der Waals surface area contributed by atoms with Crippen LogP contribution in [-0.4, -0.2) is 24.6 Å². The minimum absolute atomic E-state index is 0.913. The number of hydrogen-bond donors (Lipinski definition) is 1. The van der Waals surface area contributed by atoms with Crippen LogP contribution < -0.4 is 10.2 Å². The van der Waals surface area contributed by atoms with Crippen LogP contribution in [0.15, 0.2) is 5.38 Å². The second kappa shape index (κ2) is 8.63. The molecule has 1 fully saturated rings. The Morgan fingerprint density at radius 2 is 2.20 bits per heavy atom. The third-order valence-electron chi connectivity index (χ3n) is 4.09. The van der Waals surface area contributed by atoms with Crippen LogP contribution in [0.25, 0.3) is 0 Å². The lowest BCUT2D eigenvalue weighted by atomic mass is 9.96. The van der Waals surface area contributed by atoms with Crippen LogP contribution in [0, 0.1) is 5.92 Å². The number of rotatable bonds is 7. The first-order valence-corrected chi connectivity index (χ1v) is 9.11. The van der Waals surface area contributed by atoms with E-state index < -0.39 is 0 Å². The summed E-state index contributed by atoms with van der Waals surface area (Å²) in [4.78, 5) is 7.30. The molecule has 1 aromatic heterocycles. The second-order valence-corrected chi connectivity index (χ2v) is 6.71. The van der Waals surface area contributed by atoms with Gasteiger partial charge in [0.15, 0.2) is 5.13 Å². The molecular formula is C16H29N3S. The molecule has 2 heterocycles. The summed E-state index contributed by atoms with van der Waals surface area (Å²) in [6.45, 7) is 8.88. The van der Waals surface area contributed by atoms with Gasteiger partial charge < -0.3 is 10.2 Å². The molecule has 0 spiro atoms. The Bertz CT molecular complexity index is 378. The molecule has 1 aliphatic rings. The van der Waals surface area contributed by atoms with Gasteiger partial charge in [0.05, 0.1) is 5.69 Å². The molecule has 2 rings (SSSR count). The summed E-state index contributed by atoms with van der Waals surface area (Å²) in [6.07, 6.45) is 7.99. The molecule has 0 bridgehead atoms. The van der Waals surface area contributed by atoms with Gasteiger partial charge in [-0.25, -0.2) is 4.98 Å². The lowest BCUT2D eigenvalue weighted by molar-refractivity contribution is 0.435. The van der Waals surface area contributed by atoms with E-state index in [0.717, 1.165) is 19.0 Å². The predicted octanol–water partition coefficient (Wildman–Crippen LogP) is 4.05. The Balaban J connectivity index is 1.84. The zero-order chi connectivity index (χ0) is 14.2. The summed E-state index contributed by atoms with van der Waals surface area (Å²) in [5.74, 6) is 0.940. The molecule has 0 amide bonds. The van der Waals surface area contributed by atoms with Gasteiger partial charge in [-0.05, 0) is 38.1 Å². The third-order valence-corrected chi connectivity index (χ3v) is 5.04. The molecule has 0 radical (unpaired) electrons. The van der Waals surface area contributed by atoms with Gasteiger partial charge in [0, 0.05) is 25.0 Å². The number of thiazole rings is 1. The summed E-state index contributed by atoms with van der Waals surface area (Å²) in [5.41, 5.74) is 1.20. The van der Waals surface area contributed by atoms with Gasteiger partial charge in [-0.3, -0.25) is 0 Å². The van der Waals surface area contributed by atoms with Gasteiger partial charge in [0.1, 0.15) is 0 Å². The summed E-state index contributed by atoms with van der Waals surface area (Å²) in [7, 11) is 0. The van der Waals surface area contributed by atoms with Crippen LogP contribution in [0.4, 0.5) is 5.13 Å². The van der Waals surface area contributed by atoms with Crippen LogP contribution in [0.5, 0.6) is 0 Å². The van der Waals surface area contributed by atoms with Crippen LogP contribution in [0.1, 0.15) is 58.1 Å². The van der Waals surface area contributed by atoms with Gasteiger partial charge in [-0.15, -0.1) is 11.3 Å². The van der Waals surface area contributed by atoms with Gasteiger partial charge in [0.25, 0.3) is 0 Å². The molecule has 1 atom stereocenters. The maximum Gasteiger partial charge on any atom is 0.185 e. The first-order valence-electron chi connectivity index (χ1n) is 8.23. The quantitative estimate of drug-likeness (QED) is 0.769. The van der Waals surface area contributed by atoms with Crippen molar-refractivity contribution in [3.8, 4) is 0 Å². The lowest BCUT2D eigenvalue weighted by Gasteiger charge is -2.19.